The van der Waals surface area contributed by atoms with Gasteiger partial charge in [0.2, 0.25) is 5.91 Å². The molecule has 1 rings (SSSR count). The molecule has 0 aliphatic carbocycles. The minimum Gasteiger partial charge on any atom is -0.480 e. The van der Waals surface area contributed by atoms with Crippen molar-refractivity contribution in [1.82, 2.24) is 5.32 Å². The first-order valence-electron chi connectivity index (χ1n) is 6.91. The number of aliphatic carboxylic acids is 1. The molecule has 0 aliphatic heterocycles. The SMILES string of the molecule is CCCC(NC(C)C(=O)Nc1cc(F)ccc1C)C(=O)O.Cl. The minimum absolute atomic E-state index is 0. The topological polar surface area (TPSA) is 78.4 Å². The molecular weight excluding hydrogens is 311 g/mol. The van der Waals surface area contributed by atoms with Gasteiger partial charge in [0.05, 0.1) is 6.04 Å². The lowest BCUT2D eigenvalue weighted by Gasteiger charge is -2.20. The van der Waals surface area contributed by atoms with E-state index in [2.05, 4.69) is 10.6 Å². The summed E-state index contributed by atoms with van der Waals surface area (Å²) >= 11 is 0. The third-order valence-electron chi connectivity index (χ3n) is 3.18. The molecule has 0 fully saturated rings. The third-order valence-corrected chi connectivity index (χ3v) is 3.18. The molecule has 5 nitrogen and oxygen atoms in total. The van der Waals surface area contributed by atoms with Gasteiger partial charge in [-0.2, -0.15) is 0 Å². The number of anilines is 1. The fourth-order valence-electron chi connectivity index (χ4n) is 1.91. The Morgan fingerprint density at radius 3 is 2.55 bits per heavy atom. The van der Waals surface area contributed by atoms with Crippen LogP contribution in [0.1, 0.15) is 32.3 Å². The Kier molecular flexibility index (Phi) is 8.67. The zero-order chi connectivity index (χ0) is 16.0. The highest BCUT2D eigenvalue weighted by atomic mass is 35.5. The zero-order valence-corrected chi connectivity index (χ0v) is 13.7. The number of hydrogen-bond donors (Lipinski definition) is 3. The molecule has 2 atom stereocenters. The highest BCUT2D eigenvalue weighted by Gasteiger charge is 2.22. The van der Waals surface area contributed by atoms with E-state index in [9.17, 15) is 14.0 Å². The van der Waals surface area contributed by atoms with Gasteiger partial charge in [0.1, 0.15) is 11.9 Å². The van der Waals surface area contributed by atoms with E-state index in [0.29, 0.717) is 18.5 Å². The number of carbonyl (C=O) groups excluding carboxylic acids is 1. The van der Waals surface area contributed by atoms with Gasteiger partial charge in [-0.1, -0.05) is 19.4 Å². The van der Waals surface area contributed by atoms with E-state index in [1.165, 1.54) is 12.1 Å². The van der Waals surface area contributed by atoms with Gasteiger partial charge in [0.15, 0.2) is 0 Å². The number of halogens is 2. The molecule has 1 aromatic carbocycles. The molecule has 0 bridgehead atoms. The predicted molar refractivity (Wildman–Crippen MR) is 85.9 cm³/mol. The van der Waals surface area contributed by atoms with Gasteiger partial charge in [-0.3, -0.25) is 14.9 Å². The summed E-state index contributed by atoms with van der Waals surface area (Å²) < 4.78 is 13.2. The fraction of sp³-hybridized carbons (Fsp3) is 0.467. The van der Waals surface area contributed by atoms with Gasteiger partial charge in [0.25, 0.3) is 0 Å². The minimum atomic E-state index is -0.988. The quantitative estimate of drug-likeness (QED) is 0.717. The van der Waals surface area contributed by atoms with Crippen molar-refractivity contribution < 1.29 is 19.1 Å². The van der Waals surface area contributed by atoms with Crippen LogP contribution in [0.2, 0.25) is 0 Å². The number of carboxylic acid groups (broad SMARTS) is 1. The van der Waals surface area contributed by atoms with Crippen molar-refractivity contribution in [2.24, 2.45) is 0 Å². The van der Waals surface area contributed by atoms with Crippen LogP contribution in [0.3, 0.4) is 0 Å². The summed E-state index contributed by atoms with van der Waals surface area (Å²) in [5, 5.41) is 14.4. The Bertz CT molecular complexity index is 526. The lowest BCUT2D eigenvalue weighted by atomic mass is 10.1. The maximum absolute atomic E-state index is 13.2. The molecular formula is C15H22ClFN2O3. The molecule has 0 aliphatic rings. The first kappa shape index (κ1) is 20.3. The molecule has 3 N–H and O–H groups in total. The molecule has 1 aromatic rings. The second-order valence-corrected chi connectivity index (χ2v) is 5.02. The molecule has 0 saturated heterocycles. The standard InChI is InChI=1S/C15H21FN2O3.ClH/c1-4-5-12(15(20)21)17-10(3)14(19)18-13-8-11(16)7-6-9(13)2;/h6-8,10,12,17H,4-5H2,1-3H3,(H,18,19)(H,20,21);1H. The Labute approximate surface area is 135 Å². The maximum Gasteiger partial charge on any atom is 0.320 e. The van der Waals surface area contributed by atoms with E-state index >= 15 is 0 Å². The molecule has 124 valence electrons. The predicted octanol–water partition coefficient (Wildman–Crippen LogP) is 2.73. The summed E-state index contributed by atoms with van der Waals surface area (Å²) in [6, 6.07) is 2.65. The van der Waals surface area contributed by atoms with Gasteiger partial charge < -0.3 is 10.4 Å². The molecule has 0 heterocycles. The fourth-order valence-corrected chi connectivity index (χ4v) is 1.91. The Balaban J connectivity index is 0.00000441. The van der Waals surface area contributed by atoms with Crippen molar-refractivity contribution in [3.63, 3.8) is 0 Å². The molecule has 1 amide bonds. The Morgan fingerprint density at radius 1 is 1.36 bits per heavy atom. The third kappa shape index (κ3) is 5.99. The van der Waals surface area contributed by atoms with Gasteiger partial charge in [-0.05, 0) is 38.0 Å². The summed E-state index contributed by atoms with van der Waals surface area (Å²) in [6.07, 6.45) is 1.13. The van der Waals surface area contributed by atoms with E-state index in [4.69, 9.17) is 5.11 Å². The molecule has 22 heavy (non-hydrogen) atoms. The van der Waals surface area contributed by atoms with Gasteiger partial charge in [0, 0.05) is 5.69 Å². The van der Waals surface area contributed by atoms with Crippen LogP contribution in [0.15, 0.2) is 18.2 Å². The van der Waals surface area contributed by atoms with Crippen molar-refractivity contribution in [3.8, 4) is 0 Å². The number of carbonyl (C=O) groups is 2. The van der Waals surface area contributed by atoms with Crippen LogP contribution in [-0.2, 0) is 9.59 Å². The maximum atomic E-state index is 13.2. The molecule has 0 spiro atoms. The summed E-state index contributed by atoms with van der Waals surface area (Å²) in [6.45, 7) is 5.21. The first-order valence-corrected chi connectivity index (χ1v) is 6.91. The van der Waals surface area contributed by atoms with Crippen molar-refractivity contribution in [2.75, 3.05) is 5.32 Å². The molecule has 2 unspecified atom stereocenters. The van der Waals surface area contributed by atoms with Crippen LogP contribution in [0.4, 0.5) is 10.1 Å². The van der Waals surface area contributed by atoms with Gasteiger partial charge in [-0.25, -0.2) is 4.39 Å². The van der Waals surface area contributed by atoms with Crippen LogP contribution in [0.25, 0.3) is 0 Å². The van der Waals surface area contributed by atoms with Crippen LogP contribution >= 0.6 is 12.4 Å². The van der Waals surface area contributed by atoms with E-state index in [-0.39, 0.29) is 12.4 Å². The van der Waals surface area contributed by atoms with Crippen LogP contribution < -0.4 is 10.6 Å². The average Bonchev–Trinajstić information content (AvgIpc) is 2.42. The Morgan fingerprint density at radius 2 is 2.00 bits per heavy atom. The van der Waals surface area contributed by atoms with Crippen molar-refractivity contribution in [3.05, 3.63) is 29.6 Å². The molecule has 7 heteroatoms. The van der Waals surface area contributed by atoms with Crippen LogP contribution in [0.5, 0.6) is 0 Å². The van der Waals surface area contributed by atoms with Gasteiger partial charge >= 0.3 is 5.97 Å². The van der Waals surface area contributed by atoms with E-state index in [1.54, 1.807) is 19.9 Å². The highest BCUT2D eigenvalue weighted by Crippen LogP contribution is 2.16. The lowest BCUT2D eigenvalue weighted by Crippen LogP contribution is -2.47. The number of hydrogen-bond acceptors (Lipinski definition) is 3. The zero-order valence-electron chi connectivity index (χ0n) is 12.9. The molecule has 0 aromatic heterocycles. The normalized spacial score (nSPS) is 12.9. The smallest absolute Gasteiger partial charge is 0.320 e. The van der Waals surface area contributed by atoms with Crippen molar-refractivity contribution in [1.29, 1.82) is 0 Å². The lowest BCUT2D eigenvalue weighted by molar-refractivity contribution is -0.140. The summed E-state index contributed by atoms with van der Waals surface area (Å²) in [4.78, 5) is 23.1. The number of aryl methyl sites for hydroxylation is 1. The number of rotatable bonds is 7. The number of carboxylic acids is 1. The van der Waals surface area contributed by atoms with Gasteiger partial charge in [-0.15, -0.1) is 12.4 Å². The van der Waals surface area contributed by atoms with Crippen LogP contribution in [-0.4, -0.2) is 29.1 Å². The Hall–Kier alpha value is -1.66. The number of nitrogens with one attached hydrogen (secondary N) is 2. The van der Waals surface area contributed by atoms with E-state index in [1.807, 2.05) is 6.92 Å². The summed E-state index contributed by atoms with van der Waals surface area (Å²) in [5.74, 6) is -1.82. The monoisotopic (exact) mass is 332 g/mol. The molecule has 0 saturated carbocycles. The number of amides is 1. The average molecular weight is 333 g/mol. The van der Waals surface area contributed by atoms with E-state index < -0.39 is 29.8 Å². The largest absolute Gasteiger partial charge is 0.480 e. The second kappa shape index (κ2) is 9.38. The van der Waals surface area contributed by atoms with Crippen molar-refractivity contribution >= 4 is 30.0 Å². The van der Waals surface area contributed by atoms with E-state index in [0.717, 1.165) is 5.56 Å². The highest BCUT2D eigenvalue weighted by molar-refractivity contribution is 5.95. The second-order valence-electron chi connectivity index (χ2n) is 5.02. The summed E-state index contributed by atoms with van der Waals surface area (Å²) in [7, 11) is 0. The van der Waals surface area contributed by atoms with Crippen LogP contribution in [0, 0.1) is 12.7 Å². The number of benzene rings is 1. The van der Waals surface area contributed by atoms with Crippen molar-refractivity contribution in [2.45, 2.75) is 45.7 Å². The molecule has 0 radical (unpaired) electrons. The first-order chi connectivity index (χ1) is 9.85. The summed E-state index contributed by atoms with van der Waals surface area (Å²) in [5.41, 5.74) is 1.12.